The van der Waals surface area contributed by atoms with Gasteiger partial charge < -0.3 is 10.2 Å². The van der Waals surface area contributed by atoms with E-state index in [2.05, 4.69) is 76.0 Å². The second-order valence-corrected chi connectivity index (χ2v) is 6.67. The zero-order valence-corrected chi connectivity index (χ0v) is 13.9. The van der Waals surface area contributed by atoms with Gasteiger partial charge in [-0.15, -0.1) is 11.3 Å². The van der Waals surface area contributed by atoms with Crippen LogP contribution in [0.5, 0.6) is 0 Å². The summed E-state index contributed by atoms with van der Waals surface area (Å²) in [6, 6.07) is 11.3. The second kappa shape index (κ2) is 6.55. The average Bonchev–Trinajstić information content (AvgIpc) is 2.81. The van der Waals surface area contributed by atoms with Gasteiger partial charge in [-0.2, -0.15) is 0 Å². The molecule has 0 saturated carbocycles. The molecular weight excluding hydrogens is 320 g/mol. The highest BCUT2D eigenvalue weighted by Gasteiger charge is 2.11. The van der Waals surface area contributed by atoms with Gasteiger partial charge in [0.25, 0.3) is 0 Å². The number of anilines is 1. The smallest absolute Gasteiger partial charge is 0.0366 e. The van der Waals surface area contributed by atoms with E-state index in [1.54, 1.807) is 11.3 Å². The largest absolute Gasteiger partial charge is 0.378 e. The third kappa shape index (κ3) is 3.81. The fourth-order valence-electron chi connectivity index (χ4n) is 2.05. The molecule has 1 heterocycles. The Morgan fingerprint density at radius 3 is 2.42 bits per heavy atom. The Morgan fingerprint density at radius 2 is 1.95 bits per heavy atom. The molecule has 0 bridgehead atoms. The van der Waals surface area contributed by atoms with Crippen molar-refractivity contribution < 1.29 is 0 Å². The van der Waals surface area contributed by atoms with Gasteiger partial charge in [-0.05, 0) is 46.7 Å². The number of thiophene rings is 1. The molecule has 0 radical (unpaired) electrons. The fourth-order valence-corrected chi connectivity index (χ4v) is 3.55. The second-order valence-electron chi connectivity index (χ2n) is 4.76. The molecule has 0 fully saturated rings. The first kappa shape index (κ1) is 14.6. The molecule has 1 atom stereocenters. The maximum absolute atomic E-state index is 3.51. The van der Waals surface area contributed by atoms with Crippen molar-refractivity contribution >= 4 is 33.0 Å². The minimum atomic E-state index is 0.363. The molecule has 1 unspecified atom stereocenters. The molecule has 0 aliphatic rings. The SMILES string of the molecule is CNC(Cc1cc(Br)cs1)c1ccc(N(C)C)cc1. The lowest BCUT2D eigenvalue weighted by Gasteiger charge is -2.18. The summed E-state index contributed by atoms with van der Waals surface area (Å²) >= 11 is 5.31. The van der Waals surface area contributed by atoms with E-state index in [-0.39, 0.29) is 0 Å². The summed E-state index contributed by atoms with van der Waals surface area (Å²) in [5, 5.41) is 5.54. The summed E-state index contributed by atoms with van der Waals surface area (Å²) in [6.45, 7) is 0. The lowest BCUT2D eigenvalue weighted by atomic mass is 10.0. The van der Waals surface area contributed by atoms with Gasteiger partial charge in [0, 0.05) is 47.0 Å². The van der Waals surface area contributed by atoms with Crippen LogP contribution in [0.15, 0.2) is 40.2 Å². The minimum absolute atomic E-state index is 0.363. The van der Waals surface area contributed by atoms with Crippen molar-refractivity contribution in [2.45, 2.75) is 12.5 Å². The number of hydrogen-bond acceptors (Lipinski definition) is 3. The Hall–Kier alpha value is -0.840. The van der Waals surface area contributed by atoms with Gasteiger partial charge in [0.15, 0.2) is 0 Å². The first-order valence-corrected chi connectivity index (χ1v) is 7.95. The lowest BCUT2D eigenvalue weighted by molar-refractivity contribution is 0.596. The van der Waals surface area contributed by atoms with Gasteiger partial charge in [-0.25, -0.2) is 0 Å². The van der Waals surface area contributed by atoms with Crippen molar-refractivity contribution in [3.63, 3.8) is 0 Å². The van der Waals surface area contributed by atoms with Crippen LogP contribution in [0.3, 0.4) is 0 Å². The molecule has 2 rings (SSSR count). The standard InChI is InChI=1S/C15H19BrN2S/c1-17-15(9-14-8-12(16)10-19-14)11-4-6-13(7-5-11)18(2)3/h4-8,10,15,17H,9H2,1-3H3. The van der Waals surface area contributed by atoms with Crippen molar-refractivity contribution in [2.75, 3.05) is 26.0 Å². The summed E-state index contributed by atoms with van der Waals surface area (Å²) in [6.07, 6.45) is 1.02. The monoisotopic (exact) mass is 338 g/mol. The molecule has 0 spiro atoms. The highest BCUT2D eigenvalue weighted by atomic mass is 79.9. The molecule has 0 aliphatic carbocycles. The Balaban J connectivity index is 2.12. The van der Waals surface area contributed by atoms with Gasteiger partial charge in [0.2, 0.25) is 0 Å². The molecule has 1 N–H and O–H groups in total. The third-order valence-corrected chi connectivity index (χ3v) is 4.91. The number of nitrogens with one attached hydrogen (secondary N) is 1. The van der Waals surface area contributed by atoms with Crippen LogP contribution in [0.25, 0.3) is 0 Å². The first-order valence-electron chi connectivity index (χ1n) is 6.27. The van der Waals surface area contributed by atoms with Crippen LogP contribution >= 0.6 is 27.3 Å². The minimum Gasteiger partial charge on any atom is -0.378 e. The number of likely N-dealkylation sites (N-methyl/N-ethyl adjacent to an activating group) is 1. The molecular formula is C15H19BrN2S. The van der Waals surface area contributed by atoms with E-state index in [0.29, 0.717) is 6.04 Å². The Kier molecular flexibility index (Phi) is 5.02. The zero-order chi connectivity index (χ0) is 13.8. The van der Waals surface area contributed by atoms with Crippen LogP contribution in [-0.4, -0.2) is 21.1 Å². The molecule has 1 aromatic carbocycles. The molecule has 0 aliphatic heterocycles. The molecule has 2 aromatic rings. The van der Waals surface area contributed by atoms with Gasteiger partial charge in [0.05, 0.1) is 0 Å². The number of hydrogen-bond donors (Lipinski definition) is 1. The van der Waals surface area contributed by atoms with Gasteiger partial charge in [-0.1, -0.05) is 12.1 Å². The van der Waals surface area contributed by atoms with Gasteiger partial charge in [-0.3, -0.25) is 0 Å². The topological polar surface area (TPSA) is 15.3 Å². The fraction of sp³-hybridized carbons (Fsp3) is 0.333. The summed E-state index contributed by atoms with van der Waals surface area (Å²) in [4.78, 5) is 3.51. The van der Waals surface area contributed by atoms with Crippen molar-refractivity contribution in [2.24, 2.45) is 0 Å². The number of rotatable bonds is 5. The van der Waals surface area contributed by atoms with Crippen LogP contribution in [-0.2, 0) is 6.42 Å². The summed E-state index contributed by atoms with van der Waals surface area (Å²) in [7, 11) is 6.15. The molecule has 2 nitrogen and oxygen atoms in total. The predicted octanol–water partition coefficient (Wildman–Crippen LogP) is 4.08. The average molecular weight is 339 g/mol. The van der Waals surface area contributed by atoms with Crippen LogP contribution < -0.4 is 10.2 Å². The van der Waals surface area contributed by atoms with Crippen LogP contribution in [0.2, 0.25) is 0 Å². The van der Waals surface area contributed by atoms with E-state index in [1.165, 1.54) is 20.6 Å². The number of benzene rings is 1. The predicted molar refractivity (Wildman–Crippen MR) is 88.3 cm³/mol. The molecule has 102 valence electrons. The number of nitrogens with zero attached hydrogens (tertiary/aromatic N) is 1. The Bertz CT molecular complexity index is 519. The summed E-state index contributed by atoms with van der Waals surface area (Å²) < 4.78 is 1.17. The molecule has 0 saturated heterocycles. The lowest BCUT2D eigenvalue weighted by Crippen LogP contribution is -2.18. The van der Waals surface area contributed by atoms with Gasteiger partial charge in [0.1, 0.15) is 0 Å². The Morgan fingerprint density at radius 1 is 1.26 bits per heavy atom. The van der Waals surface area contributed by atoms with Crippen molar-refractivity contribution in [1.82, 2.24) is 5.32 Å². The normalized spacial score (nSPS) is 12.4. The highest BCUT2D eigenvalue weighted by molar-refractivity contribution is 9.10. The molecule has 1 aromatic heterocycles. The number of halogens is 1. The maximum Gasteiger partial charge on any atom is 0.0366 e. The van der Waals surface area contributed by atoms with E-state index in [9.17, 15) is 0 Å². The van der Waals surface area contributed by atoms with Crippen LogP contribution in [0, 0.1) is 0 Å². The van der Waals surface area contributed by atoms with Crippen LogP contribution in [0.1, 0.15) is 16.5 Å². The van der Waals surface area contributed by atoms with E-state index >= 15 is 0 Å². The quantitative estimate of drug-likeness (QED) is 0.883. The highest BCUT2D eigenvalue weighted by Crippen LogP contribution is 2.26. The van der Waals surface area contributed by atoms with Crippen molar-refractivity contribution in [1.29, 1.82) is 0 Å². The van der Waals surface area contributed by atoms with E-state index in [4.69, 9.17) is 0 Å². The molecule has 19 heavy (non-hydrogen) atoms. The first-order chi connectivity index (χ1) is 9.10. The summed E-state index contributed by atoms with van der Waals surface area (Å²) in [5.74, 6) is 0. The maximum atomic E-state index is 3.51. The van der Waals surface area contributed by atoms with E-state index in [1.807, 2.05) is 7.05 Å². The molecule has 0 amide bonds. The van der Waals surface area contributed by atoms with Crippen molar-refractivity contribution in [3.8, 4) is 0 Å². The van der Waals surface area contributed by atoms with Crippen molar-refractivity contribution in [3.05, 3.63) is 50.6 Å². The summed E-state index contributed by atoms with van der Waals surface area (Å²) in [5.41, 5.74) is 2.56. The Labute approximate surface area is 127 Å². The third-order valence-electron chi connectivity index (χ3n) is 3.19. The zero-order valence-electron chi connectivity index (χ0n) is 11.5. The van der Waals surface area contributed by atoms with Crippen LogP contribution in [0.4, 0.5) is 5.69 Å². The molecule has 4 heteroatoms. The van der Waals surface area contributed by atoms with E-state index < -0.39 is 0 Å². The van der Waals surface area contributed by atoms with Gasteiger partial charge >= 0.3 is 0 Å². The van der Waals surface area contributed by atoms with E-state index in [0.717, 1.165) is 6.42 Å².